The maximum Gasteiger partial charge on any atom is 0.339 e. The van der Waals surface area contributed by atoms with Gasteiger partial charge in [-0.15, -0.1) is 0 Å². The highest BCUT2D eigenvalue weighted by Gasteiger charge is 2.57. The van der Waals surface area contributed by atoms with Crippen LogP contribution in [-0.2, 0) is 15.1 Å². The molecule has 0 saturated heterocycles. The number of carbonyl (C=O) groups excluding carboxylic acids is 2. The van der Waals surface area contributed by atoms with Gasteiger partial charge < -0.3 is 19.9 Å². The van der Waals surface area contributed by atoms with Gasteiger partial charge in [-0.1, -0.05) is 24.4 Å². The molecule has 2 aliphatic heterocycles. The average Bonchev–Trinajstić information content (AvgIpc) is 2.93. The number of allylic oxidation sites excluding steroid dienone is 2. The third-order valence-electron chi connectivity index (χ3n) is 5.29. The van der Waals surface area contributed by atoms with Crippen LogP contribution in [0.4, 0.5) is 5.69 Å². The minimum Gasteiger partial charge on any atom is -0.508 e. The number of phenolic OH excluding ortho intramolecular Hbond substituents is 1. The summed E-state index contributed by atoms with van der Waals surface area (Å²) in [5.41, 5.74) is 1.18. The Labute approximate surface area is 171 Å². The lowest BCUT2D eigenvalue weighted by Gasteiger charge is -2.42. The van der Waals surface area contributed by atoms with Gasteiger partial charge in [-0.25, -0.2) is 4.79 Å². The summed E-state index contributed by atoms with van der Waals surface area (Å²) in [6.07, 6.45) is 4.53. The maximum atomic E-state index is 12.9. The predicted octanol–water partition coefficient (Wildman–Crippen LogP) is 3.60. The first-order chi connectivity index (χ1) is 13.9. The van der Waals surface area contributed by atoms with Crippen LogP contribution in [0, 0.1) is 5.92 Å². The van der Waals surface area contributed by atoms with Gasteiger partial charge in [0, 0.05) is 29.0 Å². The molecular weight excluding hydrogens is 390 g/mol. The van der Waals surface area contributed by atoms with Gasteiger partial charge >= 0.3 is 5.97 Å². The highest BCUT2D eigenvalue weighted by atomic mass is 32.1. The summed E-state index contributed by atoms with van der Waals surface area (Å²) in [6.45, 7) is 1.75. The standard InChI is InChI=1S/C22H15NO5S/c1-11(29)23-12-2-5-16-15(8-12)21(26)28-22(16)17-6-3-13(24)9-19(17)27-20-10-14(25)4-7-18(20)22/h2-10,17,25H,1H3,(H,23,29). The van der Waals surface area contributed by atoms with Crippen molar-refractivity contribution >= 4 is 34.6 Å². The number of ether oxygens (including phenoxy) is 2. The van der Waals surface area contributed by atoms with Crippen LogP contribution in [0.5, 0.6) is 11.5 Å². The fourth-order valence-electron chi connectivity index (χ4n) is 4.19. The number of anilines is 1. The third-order valence-corrected chi connectivity index (χ3v) is 5.39. The Bertz CT molecular complexity index is 1180. The molecule has 7 heteroatoms. The van der Waals surface area contributed by atoms with Crippen molar-refractivity contribution in [2.24, 2.45) is 5.92 Å². The number of hydrogen-bond donors (Lipinski definition) is 2. The first-order valence-corrected chi connectivity index (χ1v) is 9.40. The van der Waals surface area contributed by atoms with Crippen molar-refractivity contribution in [2.45, 2.75) is 12.5 Å². The zero-order valence-electron chi connectivity index (χ0n) is 15.3. The van der Waals surface area contributed by atoms with Gasteiger partial charge in [0.05, 0.1) is 16.5 Å². The second-order valence-corrected chi connectivity index (χ2v) is 7.75. The van der Waals surface area contributed by atoms with E-state index < -0.39 is 17.5 Å². The fourth-order valence-corrected chi connectivity index (χ4v) is 4.31. The summed E-state index contributed by atoms with van der Waals surface area (Å²) < 4.78 is 11.9. The normalized spacial score (nSPS) is 23.5. The van der Waals surface area contributed by atoms with Crippen molar-refractivity contribution in [3.05, 3.63) is 77.1 Å². The van der Waals surface area contributed by atoms with Crippen LogP contribution in [0.25, 0.3) is 0 Å². The molecule has 2 N–H and O–H groups in total. The van der Waals surface area contributed by atoms with Gasteiger partial charge in [0.25, 0.3) is 0 Å². The number of benzene rings is 2. The van der Waals surface area contributed by atoms with E-state index in [0.29, 0.717) is 38.9 Å². The summed E-state index contributed by atoms with van der Waals surface area (Å²) in [6, 6.07) is 10.0. The van der Waals surface area contributed by atoms with Crippen LogP contribution in [0.3, 0.4) is 0 Å². The Kier molecular flexibility index (Phi) is 3.66. The van der Waals surface area contributed by atoms with Crippen LogP contribution in [0.2, 0.25) is 0 Å². The summed E-state index contributed by atoms with van der Waals surface area (Å²) in [5.74, 6) is -0.474. The van der Waals surface area contributed by atoms with Gasteiger partial charge in [0.1, 0.15) is 17.3 Å². The molecule has 2 atom stereocenters. The van der Waals surface area contributed by atoms with Crippen LogP contribution in [-0.4, -0.2) is 21.8 Å². The van der Waals surface area contributed by atoms with E-state index in [9.17, 15) is 14.7 Å². The third kappa shape index (κ3) is 2.51. The number of thiocarbonyl (C=S) groups is 1. The number of ketones is 1. The van der Waals surface area contributed by atoms with Crippen molar-refractivity contribution in [1.82, 2.24) is 0 Å². The number of nitrogens with one attached hydrogen (secondary N) is 1. The molecule has 1 spiro atoms. The molecule has 2 unspecified atom stereocenters. The second-order valence-electron chi connectivity index (χ2n) is 7.14. The molecular formula is C22H15NO5S. The van der Waals surface area contributed by atoms with Gasteiger partial charge in [-0.2, -0.15) is 0 Å². The number of phenols is 1. The zero-order valence-corrected chi connectivity index (χ0v) is 16.1. The van der Waals surface area contributed by atoms with E-state index >= 15 is 0 Å². The first-order valence-electron chi connectivity index (χ1n) is 8.99. The summed E-state index contributed by atoms with van der Waals surface area (Å²) >= 11 is 5.09. The Hall–Kier alpha value is -3.45. The smallest absolute Gasteiger partial charge is 0.339 e. The van der Waals surface area contributed by atoms with Crippen LogP contribution < -0.4 is 10.1 Å². The lowest BCUT2D eigenvalue weighted by atomic mass is 9.71. The molecule has 2 aromatic rings. The van der Waals surface area contributed by atoms with E-state index in [2.05, 4.69) is 5.32 Å². The maximum absolute atomic E-state index is 12.9. The highest BCUT2D eigenvalue weighted by Crippen LogP contribution is 2.56. The number of rotatable bonds is 1. The van der Waals surface area contributed by atoms with Crippen LogP contribution in [0.1, 0.15) is 28.4 Å². The summed E-state index contributed by atoms with van der Waals surface area (Å²) in [5, 5.41) is 13.0. The molecule has 0 saturated carbocycles. The van der Waals surface area contributed by atoms with Gasteiger partial charge in [0.2, 0.25) is 0 Å². The van der Waals surface area contributed by atoms with Crippen molar-refractivity contribution in [3.63, 3.8) is 0 Å². The first kappa shape index (κ1) is 17.6. The Morgan fingerprint density at radius 1 is 1.17 bits per heavy atom. The summed E-state index contributed by atoms with van der Waals surface area (Å²) in [4.78, 5) is 25.4. The SMILES string of the molecule is CC(=S)Nc1ccc2c(c1)C(=O)OC21c2ccc(O)cc2OC2=CC(=O)C=CC21. The van der Waals surface area contributed by atoms with E-state index in [1.165, 1.54) is 24.3 Å². The molecule has 2 heterocycles. The predicted molar refractivity (Wildman–Crippen MR) is 109 cm³/mol. The van der Waals surface area contributed by atoms with Gasteiger partial charge in [0.15, 0.2) is 11.4 Å². The van der Waals surface area contributed by atoms with Crippen molar-refractivity contribution in [3.8, 4) is 11.5 Å². The lowest BCUT2D eigenvalue weighted by Crippen LogP contribution is -2.42. The Balaban J connectivity index is 1.77. The van der Waals surface area contributed by atoms with E-state index in [0.717, 1.165) is 0 Å². The molecule has 0 radical (unpaired) electrons. The molecule has 0 amide bonds. The van der Waals surface area contributed by atoms with E-state index in [1.54, 1.807) is 25.1 Å². The van der Waals surface area contributed by atoms with Crippen molar-refractivity contribution in [2.75, 3.05) is 5.32 Å². The van der Waals surface area contributed by atoms with Crippen molar-refractivity contribution in [1.29, 1.82) is 0 Å². The van der Waals surface area contributed by atoms with E-state index in [4.69, 9.17) is 21.7 Å². The molecule has 1 aliphatic carbocycles. The molecule has 5 rings (SSSR count). The van der Waals surface area contributed by atoms with Gasteiger partial charge in [-0.3, -0.25) is 4.79 Å². The lowest BCUT2D eigenvalue weighted by molar-refractivity contribution is -0.110. The number of hydrogen-bond acceptors (Lipinski definition) is 6. The quantitative estimate of drug-likeness (QED) is 0.554. The van der Waals surface area contributed by atoms with E-state index in [1.807, 2.05) is 12.1 Å². The van der Waals surface area contributed by atoms with E-state index in [-0.39, 0.29) is 11.5 Å². The second kappa shape index (κ2) is 6.02. The summed E-state index contributed by atoms with van der Waals surface area (Å²) in [7, 11) is 0. The molecule has 0 bridgehead atoms. The molecule has 144 valence electrons. The number of carbonyl (C=O) groups is 2. The zero-order chi connectivity index (χ0) is 20.3. The molecule has 29 heavy (non-hydrogen) atoms. The molecule has 3 aliphatic rings. The molecule has 2 aromatic carbocycles. The largest absolute Gasteiger partial charge is 0.508 e. The Morgan fingerprint density at radius 3 is 2.76 bits per heavy atom. The fraction of sp³-hybridized carbons (Fsp3) is 0.136. The molecule has 0 aromatic heterocycles. The topological polar surface area (TPSA) is 84.9 Å². The molecule has 0 fully saturated rings. The minimum atomic E-state index is -1.19. The number of aromatic hydroxyl groups is 1. The molecule has 6 nitrogen and oxygen atoms in total. The van der Waals surface area contributed by atoms with Gasteiger partial charge in [-0.05, 0) is 37.3 Å². The number of esters is 1. The Morgan fingerprint density at radius 2 is 1.97 bits per heavy atom. The van der Waals surface area contributed by atoms with Crippen LogP contribution >= 0.6 is 12.2 Å². The number of fused-ring (bicyclic) bond motifs is 6. The average molecular weight is 405 g/mol. The van der Waals surface area contributed by atoms with Crippen LogP contribution in [0.15, 0.2) is 60.4 Å². The van der Waals surface area contributed by atoms with Crippen molar-refractivity contribution < 1.29 is 24.2 Å². The minimum absolute atomic E-state index is 0.0104. The monoisotopic (exact) mass is 405 g/mol. The highest BCUT2D eigenvalue weighted by molar-refractivity contribution is 7.80.